The molecule has 0 aromatic heterocycles. The van der Waals surface area contributed by atoms with Gasteiger partial charge in [0.1, 0.15) is 5.60 Å². The van der Waals surface area contributed by atoms with Crippen molar-refractivity contribution in [3.63, 3.8) is 0 Å². The lowest BCUT2D eigenvalue weighted by Crippen LogP contribution is -2.32. The van der Waals surface area contributed by atoms with Crippen molar-refractivity contribution < 1.29 is 14.9 Å². The van der Waals surface area contributed by atoms with Crippen LogP contribution in [-0.4, -0.2) is 34.1 Å². The van der Waals surface area contributed by atoms with Gasteiger partial charge in [-0.15, -0.1) is 0 Å². The first-order valence-corrected chi connectivity index (χ1v) is 4.66. The van der Waals surface area contributed by atoms with Gasteiger partial charge in [-0.1, -0.05) is 0 Å². The van der Waals surface area contributed by atoms with Crippen molar-refractivity contribution in [1.82, 2.24) is 0 Å². The Kier molecular flexibility index (Phi) is 1.04. The fourth-order valence-corrected chi connectivity index (χ4v) is 2.71. The highest BCUT2D eigenvalue weighted by Crippen LogP contribution is 2.66. The van der Waals surface area contributed by atoms with E-state index in [9.17, 15) is 10.2 Å². The summed E-state index contributed by atoms with van der Waals surface area (Å²) in [6.45, 7) is 2.01. The molecule has 0 radical (unpaired) electrons. The maximum atomic E-state index is 9.97. The molecule has 3 rings (SSSR count). The molecule has 0 aromatic rings. The van der Waals surface area contributed by atoms with Crippen LogP contribution in [-0.2, 0) is 4.74 Å². The Labute approximate surface area is 71.3 Å². The predicted molar refractivity (Wildman–Crippen MR) is 41.6 cm³/mol. The first kappa shape index (κ1) is 7.30. The molecule has 3 aliphatic rings. The Morgan fingerprint density at radius 1 is 1.33 bits per heavy atom. The topological polar surface area (TPSA) is 49.7 Å². The van der Waals surface area contributed by atoms with Crippen LogP contribution < -0.4 is 0 Å². The summed E-state index contributed by atoms with van der Waals surface area (Å²) >= 11 is 0. The molecule has 0 amide bonds. The molecule has 68 valence electrons. The first-order valence-electron chi connectivity index (χ1n) is 4.66. The minimum atomic E-state index is -0.560. The van der Waals surface area contributed by atoms with Crippen LogP contribution in [0.3, 0.4) is 0 Å². The molecule has 2 unspecified atom stereocenters. The van der Waals surface area contributed by atoms with E-state index in [1.54, 1.807) is 0 Å². The molecule has 1 heterocycles. The number of ether oxygens (including phenoxy) is 1. The van der Waals surface area contributed by atoms with Crippen LogP contribution in [0.5, 0.6) is 0 Å². The van der Waals surface area contributed by atoms with E-state index < -0.39 is 17.8 Å². The van der Waals surface area contributed by atoms with Gasteiger partial charge in [-0.2, -0.15) is 0 Å². The van der Waals surface area contributed by atoms with Gasteiger partial charge in [0.2, 0.25) is 0 Å². The van der Waals surface area contributed by atoms with Crippen molar-refractivity contribution in [2.75, 3.05) is 0 Å². The van der Waals surface area contributed by atoms with Crippen molar-refractivity contribution in [2.24, 2.45) is 5.41 Å². The molecule has 0 bridgehead atoms. The van der Waals surface area contributed by atoms with E-state index >= 15 is 0 Å². The van der Waals surface area contributed by atoms with Gasteiger partial charge in [-0.05, 0) is 19.8 Å². The lowest BCUT2D eigenvalue weighted by atomic mass is 9.92. The molecule has 2 aliphatic carbocycles. The molecule has 0 aromatic carbocycles. The van der Waals surface area contributed by atoms with Crippen molar-refractivity contribution in [1.29, 1.82) is 0 Å². The summed E-state index contributed by atoms with van der Waals surface area (Å²) in [5.74, 6) is 0. The standard InChI is InChI=1S/C9H14O3/c1-5-8(2-3-8)7(11)9(12-5)4-6(9)10/h5-7,10-11H,2-4H2,1H3/t5?,6?,7-,9-/m0/s1. The summed E-state index contributed by atoms with van der Waals surface area (Å²) in [6, 6.07) is 0. The monoisotopic (exact) mass is 170 g/mol. The zero-order valence-electron chi connectivity index (χ0n) is 7.16. The van der Waals surface area contributed by atoms with Crippen LogP contribution in [0.1, 0.15) is 26.2 Å². The average Bonchev–Trinajstić information content (AvgIpc) is 2.85. The molecular formula is C9H14O3. The highest BCUT2D eigenvalue weighted by atomic mass is 16.6. The zero-order valence-corrected chi connectivity index (χ0v) is 7.16. The summed E-state index contributed by atoms with van der Waals surface area (Å²) in [4.78, 5) is 0. The second-order valence-electron chi connectivity index (χ2n) is 4.57. The maximum absolute atomic E-state index is 9.97. The van der Waals surface area contributed by atoms with Gasteiger partial charge < -0.3 is 14.9 Å². The van der Waals surface area contributed by atoms with Gasteiger partial charge in [-0.3, -0.25) is 0 Å². The highest BCUT2D eigenvalue weighted by molar-refractivity contribution is 5.25. The minimum absolute atomic E-state index is 0.0114. The van der Waals surface area contributed by atoms with Crippen LogP contribution in [0.2, 0.25) is 0 Å². The first-order chi connectivity index (χ1) is 5.62. The number of aliphatic hydroxyl groups excluding tert-OH is 2. The molecule has 2 saturated carbocycles. The lowest BCUT2D eigenvalue weighted by Gasteiger charge is -2.15. The van der Waals surface area contributed by atoms with E-state index in [1.807, 2.05) is 6.92 Å². The van der Waals surface area contributed by atoms with E-state index in [4.69, 9.17) is 4.74 Å². The SMILES string of the molecule is CC1O[C@]2(CC2O)[C@@H](O)C12CC2. The second kappa shape index (κ2) is 1.72. The quantitative estimate of drug-likeness (QED) is 0.540. The van der Waals surface area contributed by atoms with E-state index in [2.05, 4.69) is 0 Å². The molecule has 1 aliphatic heterocycles. The van der Waals surface area contributed by atoms with Gasteiger partial charge in [0, 0.05) is 11.8 Å². The molecule has 2 N–H and O–H groups in total. The largest absolute Gasteiger partial charge is 0.390 e. The van der Waals surface area contributed by atoms with Crippen molar-refractivity contribution in [3.05, 3.63) is 0 Å². The molecule has 1 saturated heterocycles. The number of aliphatic hydroxyl groups is 2. The summed E-state index contributed by atoms with van der Waals surface area (Å²) in [5.41, 5.74) is -0.548. The summed E-state index contributed by atoms with van der Waals surface area (Å²) < 4.78 is 5.66. The summed E-state index contributed by atoms with van der Waals surface area (Å²) in [6.07, 6.45) is 2.03. The predicted octanol–water partition coefficient (Wildman–Crippen LogP) is 0.0496. The van der Waals surface area contributed by atoms with Gasteiger partial charge in [-0.25, -0.2) is 0 Å². The highest BCUT2D eigenvalue weighted by Gasteiger charge is 2.75. The molecule has 3 nitrogen and oxygen atoms in total. The normalized spacial score (nSPS) is 59.8. The van der Waals surface area contributed by atoms with Crippen LogP contribution in [0, 0.1) is 5.41 Å². The summed E-state index contributed by atoms with van der Waals surface area (Å²) in [7, 11) is 0. The fourth-order valence-electron chi connectivity index (χ4n) is 2.71. The molecule has 2 spiro atoms. The van der Waals surface area contributed by atoms with Gasteiger partial charge >= 0.3 is 0 Å². The summed E-state index contributed by atoms with van der Waals surface area (Å²) in [5, 5.41) is 19.3. The Morgan fingerprint density at radius 3 is 2.17 bits per heavy atom. The molecule has 3 fully saturated rings. The third kappa shape index (κ3) is 0.573. The van der Waals surface area contributed by atoms with Gasteiger partial charge in [0.25, 0.3) is 0 Å². The molecule has 12 heavy (non-hydrogen) atoms. The Hall–Kier alpha value is -0.120. The fraction of sp³-hybridized carbons (Fsp3) is 1.00. The van der Waals surface area contributed by atoms with Gasteiger partial charge in [0.05, 0.1) is 18.3 Å². The third-order valence-electron chi connectivity index (χ3n) is 3.96. The second-order valence-corrected chi connectivity index (χ2v) is 4.57. The lowest BCUT2D eigenvalue weighted by molar-refractivity contribution is -0.0321. The van der Waals surface area contributed by atoms with Crippen LogP contribution in [0.25, 0.3) is 0 Å². The van der Waals surface area contributed by atoms with E-state index in [0.717, 1.165) is 12.8 Å². The maximum Gasteiger partial charge on any atom is 0.123 e. The third-order valence-corrected chi connectivity index (χ3v) is 3.96. The van der Waals surface area contributed by atoms with Crippen LogP contribution >= 0.6 is 0 Å². The van der Waals surface area contributed by atoms with E-state index in [-0.39, 0.29) is 11.5 Å². The smallest absolute Gasteiger partial charge is 0.123 e. The van der Waals surface area contributed by atoms with Gasteiger partial charge in [0.15, 0.2) is 0 Å². The minimum Gasteiger partial charge on any atom is -0.390 e. The number of hydrogen-bond acceptors (Lipinski definition) is 3. The number of hydrogen-bond donors (Lipinski definition) is 2. The van der Waals surface area contributed by atoms with Crippen molar-refractivity contribution in [3.8, 4) is 0 Å². The number of rotatable bonds is 0. The van der Waals surface area contributed by atoms with E-state index in [0.29, 0.717) is 6.42 Å². The van der Waals surface area contributed by atoms with Crippen LogP contribution in [0.4, 0.5) is 0 Å². The molecular weight excluding hydrogens is 156 g/mol. The van der Waals surface area contributed by atoms with Crippen molar-refractivity contribution in [2.45, 2.75) is 50.1 Å². The zero-order chi connectivity index (χ0) is 8.56. The van der Waals surface area contributed by atoms with Crippen molar-refractivity contribution >= 4 is 0 Å². The van der Waals surface area contributed by atoms with Crippen LogP contribution in [0.15, 0.2) is 0 Å². The Balaban J connectivity index is 1.94. The molecule has 3 heteroatoms. The Morgan fingerprint density at radius 2 is 1.92 bits per heavy atom. The Bertz CT molecular complexity index is 236. The average molecular weight is 170 g/mol. The molecule has 4 atom stereocenters. The van der Waals surface area contributed by atoms with E-state index in [1.165, 1.54) is 0 Å².